The van der Waals surface area contributed by atoms with Gasteiger partial charge in [0.2, 0.25) is 0 Å². The maximum absolute atomic E-state index is 13.2. The molecule has 6 heteroatoms. The summed E-state index contributed by atoms with van der Waals surface area (Å²) < 4.78 is 13.2. The maximum Gasteiger partial charge on any atom is 0.282 e. The molecular formula is C13H15FN2O3. The molecule has 1 fully saturated rings. The number of hydrogen-bond acceptors (Lipinski definition) is 3. The molecule has 0 aromatic heterocycles. The fourth-order valence-corrected chi connectivity index (χ4v) is 2.38. The maximum atomic E-state index is 13.2. The second-order valence-electron chi connectivity index (χ2n) is 4.92. The second kappa shape index (κ2) is 5.34. The largest absolute Gasteiger partial charge is 0.338 e. The average molecular weight is 266 g/mol. The van der Waals surface area contributed by atoms with Crippen molar-refractivity contribution in [2.24, 2.45) is 5.92 Å². The normalized spacial score (nSPS) is 19.3. The Hall–Kier alpha value is -1.98. The fraction of sp³-hybridized carbons (Fsp3) is 0.462. The van der Waals surface area contributed by atoms with Crippen molar-refractivity contribution in [2.75, 3.05) is 13.1 Å². The van der Waals surface area contributed by atoms with Crippen LogP contribution in [0.2, 0.25) is 0 Å². The van der Waals surface area contributed by atoms with Crippen molar-refractivity contribution in [1.29, 1.82) is 0 Å². The quantitative estimate of drug-likeness (QED) is 0.610. The number of nitro groups is 1. The molecule has 1 aromatic rings. The molecule has 0 bridgehead atoms. The highest BCUT2D eigenvalue weighted by Crippen LogP contribution is 2.24. The van der Waals surface area contributed by atoms with Gasteiger partial charge in [0, 0.05) is 19.2 Å². The molecule has 0 radical (unpaired) electrons. The van der Waals surface area contributed by atoms with Crippen LogP contribution in [0.4, 0.5) is 10.1 Å². The first-order chi connectivity index (χ1) is 8.99. The van der Waals surface area contributed by atoms with Gasteiger partial charge < -0.3 is 4.90 Å². The van der Waals surface area contributed by atoms with E-state index in [-0.39, 0.29) is 11.3 Å². The van der Waals surface area contributed by atoms with Crippen LogP contribution < -0.4 is 0 Å². The Labute approximate surface area is 110 Å². The van der Waals surface area contributed by atoms with E-state index < -0.39 is 16.6 Å². The Morgan fingerprint density at radius 1 is 1.53 bits per heavy atom. The molecule has 1 amide bonds. The van der Waals surface area contributed by atoms with Gasteiger partial charge in [-0.1, -0.05) is 6.92 Å². The van der Waals surface area contributed by atoms with Gasteiger partial charge >= 0.3 is 0 Å². The van der Waals surface area contributed by atoms with E-state index in [4.69, 9.17) is 0 Å². The molecule has 102 valence electrons. The molecule has 1 aromatic carbocycles. The number of rotatable bonds is 2. The average Bonchev–Trinajstić information content (AvgIpc) is 2.37. The Balaban J connectivity index is 2.32. The number of nitro benzene ring substituents is 1. The summed E-state index contributed by atoms with van der Waals surface area (Å²) in [5, 5.41) is 10.9. The Morgan fingerprint density at radius 3 is 2.89 bits per heavy atom. The van der Waals surface area contributed by atoms with Crippen LogP contribution in [0, 0.1) is 21.8 Å². The summed E-state index contributed by atoms with van der Waals surface area (Å²) in [4.78, 5) is 24.1. The van der Waals surface area contributed by atoms with Gasteiger partial charge in [-0.3, -0.25) is 14.9 Å². The van der Waals surface area contributed by atoms with Crippen molar-refractivity contribution in [1.82, 2.24) is 4.90 Å². The summed E-state index contributed by atoms with van der Waals surface area (Å²) in [6.07, 6.45) is 1.91. The van der Waals surface area contributed by atoms with Gasteiger partial charge in [0.15, 0.2) is 0 Å². The van der Waals surface area contributed by atoms with E-state index in [1.807, 2.05) is 6.92 Å². The minimum atomic E-state index is -0.653. The van der Waals surface area contributed by atoms with Crippen molar-refractivity contribution in [2.45, 2.75) is 19.8 Å². The van der Waals surface area contributed by atoms with Crippen molar-refractivity contribution in [3.8, 4) is 0 Å². The number of piperidine rings is 1. The van der Waals surface area contributed by atoms with E-state index in [9.17, 15) is 19.3 Å². The molecule has 0 saturated carbocycles. The minimum absolute atomic E-state index is 0.167. The summed E-state index contributed by atoms with van der Waals surface area (Å²) in [5.74, 6) is -0.734. The summed E-state index contributed by atoms with van der Waals surface area (Å²) in [7, 11) is 0. The van der Waals surface area contributed by atoms with Crippen LogP contribution in [0.3, 0.4) is 0 Å². The SMILES string of the molecule is CC1CCCN(C(=O)c2cc(F)ccc2[N+](=O)[O-])C1. The first-order valence-corrected chi connectivity index (χ1v) is 6.22. The Kier molecular flexibility index (Phi) is 3.78. The lowest BCUT2D eigenvalue weighted by atomic mass is 9.99. The molecule has 0 aliphatic carbocycles. The molecule has 0 spiro atoms. The van der Waals surface area contributed by atoms with Gasteiger partial charge in [-0.15, -0.1) is 0 Å². The summed E-state index contributed by atoms with van der Waals surface area (Å²) in [5.41, 5.74) is -0.510. The number of likely N-dealkylation sites (tertiary alicyclic amines) is 1. The Morgan fingerprint density at radius 2 is 2.26 bits per heavy atom. The van der Waals surface area contributed by atoms with Crippen LogP contribution in [0.5, 0.6) is 0 Å². The number of halogens is 1. The van der Waals surface area contributed by atoms with Crippen molar-refractivity contribution < 1.29 is 14.1 Å². The molecule has 1 saturated heterocycles. The van der Waals surface area contributed by atoms with Gasteiger partial charge in [0.1, 0.15) is 11.4 Å². The van der Waals surface area contributed by atoms with Crippen molar-refractivity contribution >= 4 is 11.6 Å². The first-order valence-electron chi connectivity index (χ1n) is 6.22. The first kappa shape index (κ1) is 13.5. The van der Waals surface area contributed by atoms with Crippen molar-refractivity contribution in [3.05, 3.63) is 39.7 Å². The van der Waals surface area contributed by atoms with E-state index in [1.54, 1.807) is 4.90 Å². The molecule has 1 aliphatic heterocycles. The smallest absolute Gasteiger partial charge is 0.282 e. The highest BCUT2D eigenvalue weighted by atomic mass is 19.1. The molecular weight excluding hydrogens is 251 g/mol. The van der Waals surface area contributed by atoms with Gasteiger partial charge in [-0.25, -0.2) is 4.39 Å². The van der Waals surface area contributed by atoms with E-state index in [2.05, 4.69) is 0 Å². The van der Waals surface area contributed by atoms with Gasteiger partial charge in [-0.2, -0.15) is 0 Å². The Bertz CT molecular complexity index is 519. The van der Waals surface area contributed by atoms with Crippen LogP contribution in [0.1, 0.15) is 30.1 Å². The third-order valence-electron chi connectivity index (χ3n) is 3.33. The van der Waals surface area contributed by atoms with E-state index >= 15 is 0 Å². The number of carbonyl (C=O) groups excluding carboxylic acids is 1. The lowest BCUT2D eigenvalue weighted by molar-refractivity contribution is -0.385. The molecule has 2 rings (SSSR count). The number of nitrogens with zero attached hydrogens (tertiary/aromatic N) is 2. The molecule has 0 N–H and O–H groups in total. The van der Waals surface area contributed by atoms with Crippen LogP contribution in [0.25, 0.3) is 0 Å². The number of benzene rings is 1. The molecule has 1 unspecified atom stereocenters. The molecule has 1 aliphatic rings. The number of carbonyl (C=O) groups is 1. The number of hydrogen-bond donors (Lipinski definition) is 0. The zero-order valence-electron chi connectivity index (χ0n) is 10.6. The van der Waals surface area contributed by atoms with Gasteiger partial charge in [-0.05, 0) is 30.9 Å². The van der Waals surface area contributed by atoms with E-state index in [0.29, 0.717) is 19.0 Å². The second-order valence-corrected chi connectivity index (χ2v) is 4.92. The van der Waals surface area contributed by atoms with Crippen LogP contribution in [-0.2, 0) is 0 Å². The van der Waals surface area contributed by atoms with Gasteiger partial charge in [0.25, 0.3) is 11.6 Å². The minimum Gasteiger partial charge on any atom is -0.338 e. The zero-order chi connectivity index (χ0) is 14.0. The zero-order valence-corrected chi connectivity index (χ0v) is 10.6. The van der Waals surface area contributed by atoms with Gasteiger partial charge in [0.05, 0.1) is 4.92 Å². The summed E-state index contributed by atoms with van der Waals surface area (Å²) in [6, 6.07) is 2.98. The summed E-state index contributed by atoms with van der Waals surface area (Å²) in [6.45, 7) is 3.16. The predicted octanol–water partition coefficient (Wildman–Crippen LogP) is 2.61. The van der Waals surface area contributed by atoms with Crippen LogP contribution >= 0.6 is 0 Å². The fourth-order valence-electron chi connectivity index (χ4n) is 2.38. The lowest BCUT2D eigenvalue weighted by Gasteiger charge is -2.30. The molecule has 1 atom stereocenters. The highest BCUT2D eigenvalue weighted by Gasteiger charge is 2.27. The van der Waals surface area contributed by atoms with E-state index in [1.165, 1.54) is 0 Å². The predicted molar refractivity (Wildman–Crippen MR) is 67.4 cm³/mol. The van der Waals surface area contributed by atoms with E-state index in [0.717, 1.165) is 31.0 Å². The lowest BCUT2D eigenvalue weighted by Crippen LogP contribution is -2.39. The third-order valence-corrected chi connectivity index (χ3v) is 3.33. The standard InChI is InChI=1S/C13H15FN2O3/c1-9-3-2-6-15(8-9)13(17)11-7-10(14)4-5-12(11)16(18)19/h4-5,7,9H,2-3,6,8H2,1H3. The summed E-state index contributed by atoms with van der Waals surface area (Å²) >= 11 is 0. The monoisotopic (exact) mass is 266 g/mol. The topological polar surface area (TPSA) is 63.5 Å². The third kappa shape index (κ3) is 2.89. The van der Waals surface area contributed by atoms with Crippen LogP contribution in [0.15, 0.2) is 18.2 Å². The molecule has 1 heterocycles. The van der Waals surface area contributed by atoms with Crippen LogP contribution in [-0.4, -0.2) is 28.8 Å². The highest BCUT2D eigenvalue weighted by molar-refractivity contribution is 5.98. The number of amides is 1. The molecule has 5 nitrogen and oxygen atoms in total. The molecule has 19 heavy (non-hydrogen) atoms. The van der Waals surface area contributed by atoms with Crippen molar-refractivity contribution in [3.63, 3.8) is 0 Å².